The van der Waals surface area contributed by atoms with Crippen molar-refractivity contribution in [2.75, 3.05) is 26.7 Å². The van der Waals surface area contributed by atoms with Crippen LogP contribution in [0.1, 0.15) is 6.92 Å². The third-order valence-electron chi connectivity index (χ3n) is 4.04. The molecule has 1 aromatic rings. The molecule has 4 nitrogen and oxygen atoms in total. The number of ether oxygens (including phenoxy) is 1. The van der Waals surface area contributed by atoms with Crippen LogP contribution < -0.4 is 4.74 Å². The topological polar surface area (TPSA) is 32.8 Å². The van der Waals surface area contributed by atoms with Crippen LogP contribution >= 0.6 is 23.2 Å². The molecule has 0 spiro atoms. The number of likely N-dealkylation sites (N-methyl/N-ethyl adjacent to an activating group) is 1. The van der Waals surface area contributed by atoms with E-state index in [4.69, 9.17) is 27.9 Å². The second-order valence-electron chi connectivity index (χ2n) is 5.73. The van der Waals surface area contributed by atoms with Gasteiger partial charge in [0, 0.05) is 24.2 Å². The zero-order valence-electron chi connectivity index (χ0n) is 13.1. The summed E-state index contributed by atoms with van der Waals surface area (Å²) in [4.78, 5) is 14.6. The molecule has 1 amide bonds. The molecule has 1 heterocycles. The first kappa shape index (κ1) is 19.1. The van der Waals surface area contributed by atoms with Crippen molar-refractivity contribution in [1.82, 2.24) is 9.80 Å². The van der Waals surface area contributed by atoms with Crippen molar-refractivity contribution in [3.8, 4) is 5.75 Å². The molecule has 0 bridgehead atoms. The summed E-state index contributed by atoms with van der Waals surface area (Å²) in [5.41, 5.74) is 0. The number of halogens is 5. The van der Waals surface area contributed by atoms with E-state index in [0.717, 1.165) is 0 Å². The van der Waals surface area contributed by atoms with Crippen molar-refractivity contribution in [3.05, 3.63) is 28.2 Å². The summed E-state index contributed by atoms with van der Waals surface area (Å²) < 4.78 is 44.6. The van der Waals surface area contributed by atoms with Gasteiger partial charge in [-0.05, 0) is 32.2 Å². The molecule has 1 aliphatic heterocycles. The molecule has 2 unspecified atom stereocenters. The van der Waals surface area contributed by atoms with Gasteiger partial charge >= 0.3 is 6.18 Å². The van der Waals surface area contributed by atoms with Gasteiger partial charge in [-0.25, -0.2) is 0 Å². The fourth-order valence-corrected chi connectivity index (χ4v) is 2.99. The van der Waals surface area contributed by atoms with E-state index in [1.54, 1.807) is 13.0 Å². The van der Waals surface area contributed by atoms with E-state index in [1.165, 1.54) is 29.0 Å². The Balaban J connectivity index is 2.01. The molecular formula is C15H17Cl2F3N2O2. The quantitative estimate of drug-likeness (QED) is 0.799. The van der Waals surface area contributed by atoms with Crippen LogP contribution in [-0.2, 0) is 4.79 Å². The van der Waals surface area contributed by atoms with Crippen LogP contribution in [-0.4, -0.2) is 60.7 Å². The van der Waals surface area contributed by atoms with E-state index in [9.17, 15) is 18.0 Å². The van der Waals surface area contributed by atoms with E-state index in [0.29, 0.717) is 5.02 Å². The number of hydrogen-bond donors (Lipinski definition) is 0. The minimum atomic E-state index is -4.40. The highest BCUT2D eigenvalue weighted by Gasteiger charge is 2.47. The van der Waals surface area contributed by atoms with Gasteiger partial charge in [-0.3, -0.25) is 9.69 Å². The molecule has 1 aliphatic rings. The Bertz CT molecular complexity index is 613. The summed E-state index contributed by atoms with van der Waals surface area (Å²) in [5.74, 6) is -0.265. The van der Waals surface area contributed by atoms with E-state index >= 15 is 0 Å². The Morgan fingerprint density at radius 2 is 2.00 bits per heavy atom. The number of piperazine rings is 1. The Labute approximate surface area is 148 Å². The molecule has 0 N–H and O–H groups in total. The Morgan fingerprint density at radius 3 is 2.58 bits per heavy atom. The van der Waals surface area contributed by atoms with Gasteiger partial charge in [0.2, 0.25) is 0 Å². The van der Waals surface area contributed by atoms with Gasteiger partial charge in [0.05, 0.1) is 5.02 Å². The average molecular weight is 385 g/mol. The van der Waals surface area contributed by atoms with Gasteiger partial charge in [-0.1, -0.05) is 23.2 Å². The number of nitrogens with zero attached hydrogens (tertiary/aromatic N) is 2. The maximum absolute atomic E-state index is 13.1. The second-order valence-corrected chi connectivity index (χ2v) is 6.58. The summed E-state index contributed by atoms with van der Waals surface area (Å²) in [5, 5.41) is 0.648. The molecule has 0 saturated carbocycles. The first-order valence-corrected chi connectivity index (χ1v) is 7.99. The number of benzene rings is 1. The van der Waals surface area contributed by atoms with Crippen LogP contribution in [0.15, 0.2) is 18.2 Å². The lowest BCUT2D eigenvalue weighted by Gasteiger charge is -2.44. The maximum Gasteiger partial charge on any atom is 0.405 e. The molecular weight excluding hydrogens is 368 g/mol. The number of carbonyl (C=O) groups is 1. The summed E-state index contributed by atoms with van der Waals surface area (Å²) in [6.07, 6.45) is -4.40. The highest BCUT2D eigenvalue weighted by molar-refractivity contribution is 6.35. The van der Waals surface area contributed by atoms with E-state index in [2.05, 4.69) is 0 Å². The lowest BCUT2D eigenvalue weighted by Crippen LogP contribution is -2.62. The second kappa shape index (κ2) is 7.37. The minimum absolute atomic E-state index is 0.208. The predicted octanol–water partition coefficient (Wildman–Crippen LogP) is 3.47. The lowest BCUT2D eigenvalue weighted by atomic mass is 10.1. The fourth-order valence-electron chi connectivity index (χ4n) is 2.53. The summed E-state index contributed by atoms with van der Waals surface area (Å²) in [7, 11) is 1.41. The number of hydrogen-bond acceptors (Lipinski definition) is 3. The van der Waals surface area contributed by atoms with Crippen molar-refractivity contribution in [3.63, 3.8) is 0 Å². The monoisotopic (exact) mass is 384 g/mol. The lowest BCUT2D eigenvalue weighted by molar-refractivity contribution is -0.201. The van der Waals surface area contributed by atoms with E-state index < -0.39 is 30.7 Å². The molecule has 1 fully saturated rings. The summed E-state index contributed by atoms with van der Waals surface area (Å²) in [6.45, 7) is 1.05. The SMILES string of the molecule is CC1CN(C(=O)COc2ccc(Cl)cc2Cl)CC(C(F)(F)F)N1C. The van der Waals surface area contributed by atoms with Crippen molar-refractivity contribution in [2.45, 2.75) is 25.2 Å². The van der Waals surface area contributed by atoms with Crippen LogP contribution in [0.3, 0.4) is 0 Å². The van der Waals surface area contributed by atoms with Crippen LogP contribution in [0.5, 0.6) is 5.75 Å². The van der Waals surface area contributed by atoms with Gasteiger partial charge in [-0.15, -0.1) is 0 Å². The predicted molar refractivity (Wildman–Crippen MR) is 85.6 cm³/mol. The van der Waals surface area contributed by atoms with Gasteiger partial charge in [-0.2, -0.15) is 13.2 Å². The van der Waals surface area contributed by atoms with Gasteiger partial charge in [0.25, 0.3) is 5.91 Å². The van der Waals surface area contributed by atoms with Crippen LogP contribution in [0.2, 0.25) is 10.0 Å². The number of carbonyl (C=O) groups excluding carboxylic acids is 1. The zero-order valence-corrected chi connectivity index (χ0v) is 14.6. The van der Waals surface area contributed by atoms with Crippen LogP contribution in [0, 0.1) is 0 Å². The van der Waals surface area contributed by atoms with Crippen LogP contribution in [0.4, 0.5) is 13.2 Å². The molecule has 2 rings (SSSR count). The smallest absolute Gasteiger partial charge is 0.405 e. The Hall–Kier alpha value is -1.18. The molecule has 1 aromatic carbocycles. The van der Waals surface area contributed by atoms with Gasteiger partial charge in [0.15, 0.2) is 6.61 Å². The molecule has 24 heavy (non-hydrogen) atoms. The third kappa shape index (κ3) is 4.46. The zero-order chi connectivity index (χ0) is 18.1. The van der Waals surface area contributed by atoms with Crippen molar-refractivity contribution in [2.24, 2.45) is 0 Å². The molecule has 0 radical (unpaired) electrons. The van der Waals surface area contributed by atoms with Crippen LogP contribution in [0.25, 0.3) is 0 Å². The molecule has 0 aromatic heterocycles. The first-order valence-electron chi connectivity index (χ1n) is 7.24. The van der Waals surface area contributed by atoms with Gasteiger partial charge < -0.3 is 9.64 Å². The highest BCUT2D eigenvalue weighted by Crippen LogP contribution is 2.30. The summed E-state index contributed by atoms with van der Waals surface area (Å²) in [6, 6.07) is 2.41. The molecule has 1 saturated heterocycles. The maximum atomic E-state index is 13.1. The van der Waals surface area contributed by atoms with E-state index in [1.807, 2.05) is 0 Å². The molecule has 2 atom stereocenters. The fraction of sp³-hybridized carbons (Fsp3) is 0.533. The Kier molecular flexibility index (Phi) is 5.88. The van der Waals surface area contributed by atoms with Crippen molar-refractivity contribution in [1.29, 1.82) is 0 Å². The summed E-state index contributed by atoms with van der Waals surface area (Å²) >= 11 is 11.7. The average Bonchev–Trinajstić information content (AvgIpc) is 2.47. The highest BCUT2D eigenvalue weighted by atomic mass is 35.5. The standard InChI is InChI=1S/C15H17Cl2F3N2O2/c1-9-6-22(7-13(21(9)2)15(18,19)20)14(23)8-24-12-4-3-10(16)5-11(12)17/h3-5,9,13H,6-8H2,1-2H3. The van der Waals surface area contributed by atoms with E-state index in [-0.39, 0.29) is 23.9 Å². The van der Waals surface area contributed by atoms with Crippen molar-refractivity contribution < 1.29 is 22.7 Å². The minimum Gasteiger partial charge on any atom is -0.482 e. The Morgan fingerprint density at radius 1 is 1.33 bits per heavy atom. The normalized spacial score (nSPS) is 22.5. The molecule has 9 heteroatoms. The first-order chi connectivity index (χ1) is 11.1. The van der Waals surface area contributed by atoms with Gasteiger partial charge in [0.1, 0.15) is 11.8 Å². The van der Waals surface area contributed by atoms with Crippen molar-refractivity contribution >= 4 is 29.1 Å². The number of amides is 1. The largest absolute Gasteiger partial charge is 0.482 e. The molecule has 0 aliphatic carbocycles. The molecule has 134 valence electrons. The third-order valence-corrected chi connectivity index (χ3v) is 4.57. The number of alkyl halides is 3. The number of rotatable bonds is 3.